The van der Waals surface area contributed by atoms with Crippen molar-refractivity contribution in [2.24, 2.45) is 0 Å². The standard InChI is InChI=1S/C17H19ClN2O/c1-3-12-7-9-13(10-8-12)11(2)20-17(21)16-14(18)5-4-6-15(16)19/h4-11H,3,19H2,1-2H3,(H,20,21). The quantitative estimate of drug-likeness (QED) is 0.839. The molecule has 0 aliphatic rings. The van der Waals surface area contributed by atoms with E-state index in [9.17, 15) is 4.79 Å². The molecule has 0 fully saturated rings. The summed E-state index contributed by atoms with van der Waals surface area (Å²) in [6.45, 7) is 4.05. The van der Waals surface area contributed by atoms with Crippen molar-refractivity contribution in [2.45, 2.75) is 26.3 Å². The van der Waals surface area contributed by atoms with Crippen LogP contribution in [0.15, 0.2) is 42.5 Å². The van der Waals surface area contributed by atoms with Crippen LogP contribution in [0.3, 0.4) is 0 Å². The zero-order valence-electron chi connectivity index (χ0n) is 12.2. The Labute approximate surface area is 130 Å². The highest BCUT2D eigenvalue weighted by Crippen LogP contribution is 2.23. The van der Waals surface area contributed by atoms with Crippen LogP contribution in [0, 0.1) is 0 Å². The van der Waals surface area contributed by atoms with Gasteiger partial charge in [-0.15, -0.1) is 0 Å². The van der Waals surface area contributed by atoms with Gasteiger partial charge in [-0.3, -0.25) is 4.79 Å². The van der Waals surface area contributed by atoms with Crippen LogP contribution < -0.4 is 11.1 Å². The minimum atomic E-state index is -0.259. The molecule has 0 aromatic heterocycles. The molecule has 2 aromatic carbocycles. The van der Waals surface area contributed by atoms with Gasteiger partial charge in [0.05, 0.1) is 16.6 Å². The molecule has 0 radical (unpaired) electrons. The Bertz CT molecular complexity index is 617. The molecule has 0 heterocycles. The Morgan fingerprint density at radius 1 is 1.24 bits per heavy atom. The van der Waals surface area contributed by atoms with Crippen molar-refractivity contribution < 1.29 is 4.79 Å². The lowest BCUT2D eigenvalue weighted by Crippen LogP contribution is -2.27. The van der Waals surface area contributed by atoms with Gasteiger partial charge in [-0.1, -0.05) is 48.9 Å². The predicted molar refractivity (Wildman–Crippen MR) is 87.6 cm³/mol. The Kier molecular flexibility index (Phi) is 4.86. The van der Waals surface area contributed by atoms with Crippen molar-refractivity contribution in [3.05, 3.63) is 64.2 Å². The van der Waals surface area contributed by atoms with Gasteiger partial charge >= 0.3 is 0 Å². The number of nitrogen functional groups attached to an aromatic ring is 1. The molecule has 1 unspecified atom stereocenters. The van der Waals surface area contributed by atoms with Gasteiger partial charge in [0, 0.05) is 5.69 Å². The number of nitrogens with one attached hydrogen (secondary N) is 1. The summed E-state index contributed by atoms with van der Waals surface area (Å²) in [6.07, 6.45) is 0.997. The molecule has 110 valence electrons. The van der Waals surface area contributed by atoms with Crippen molar-refractivity contribution in [3.63, 3.8) is 0 Å². The molecule has 2 rings (SSSR count). The lowest BCUT2D eigenvalue weighted by Gasteiger charge is -2.16. The minimum absolute atomic E-state index is 0.112. The van der Waals surface area contributed by atoms with Crippen LogP contribution in [0.5, 0.6) is 0 Å². The van der Waals surface area contributed by atoms with Crippen molar-refractivity contribution in [3.8, 4) is 0 Å². The first-order valence-corrected chi connectivity index (χ1v) is 7.34. The van der Waals surface area contributed by atoms with Crippen molar-refractivity contribution in [1.82, 2.24) is 5.32 Å². The van der Waals surface area contributed by atoms with Crippen molar-refractivity contribution >= 4 is 23.2 Å². The first-order valence-electron chi connectivity index (χ1n) is 6.96. The maximum atomic E-state index is 12.3. The molecule has 0 aliphatic heterocycles. The topological polar surface area (TPSA) is 55.1 Å². The Morgan fingerprint density at radius 3 is 2.48 bits per heavy atom. The molecule has 0 saturated carbocycles. The average molecular weight is 303 g/mol. The second-order valence-electron chi connectivity index (χ2n) is 4.99. The van der Waals surface area contributed by atoms with E-state index in [0.29, 0.717) is 16.3 Å². The Morgan fingerprint density at radius 2 is 1.90 bits per heavy atom. The molecule has 0 spiro atoms. The van der Waals surface area contributed by atoms with E-state index in [-0.39, 0.29) is 11.9 Å². The van der Waals surface area contributed by atoms with E-state index in [4.69, 9.17) is 17.3 Å². The molecule has 2 aromatic rings. The van der Waals surface area contributed by atoms with Gasteiger partial charge in [-0.05, 0) is 36.6 Å². The summed E-state index contributed by atoms with van der Waals surface area (Å²) in [5.74, 6) is -0.259. The molecule has 1 atom stereocenters. The number of benzene rings is 2. The molecule has 4 heteroatoms. The molecule has 3 nitrogen and oxygen atoms in total. The number of nitrogens with two attached hydrogens (primary N) is 1. The van der Waals surface area contributed by atoms with Crippen LogP contribution in [-0.4, -0.2) is 5.91 Å². The Balaban J connectivity index is 2.15. The fourth-order valence-corrected chi connectivity index (χ4v) is 2.44. The van der Waals surface area contributed by atoms with Crippen molar-refractivity contribution in [2.75, 3.05) is 5.73 Å². The summed E-state index contributed by atoms with van der Waals surface area (Å²) < 4.78 is 0. The number of aryl methyl sites for hydroxylation is 1. The zero-order valence-corrected chi connectivity index (χ0v) is 12.9. The second kappa shape index (κ2) is 6.64. The minimum Gasteiger partial charge on any atom is -0.398 e. The van der Waals surface area contributed by atoms with Crippen LogP contribution in [0.2, 0.25) is 5.02 Å². The lowest BCUT2D eigenvalue weighted by molar-refractivity contribution is 0.0941. The smallest absolute Gasteiger partial charge is 0.255 e. The largest absolute Gasteiger partial charge is 0.398 e. The number of hydrogen-bond donors (Lipinski definition) is 2. The van der Waals surface area contributed by atoms with Gasteiger partial charge in [0.2, 0.25) is 0 Å². The van der Waals surface area contributed by atoms with E-state index in [2.05, 4.69) is 24.4 Å². The summed E-state index contributed by atoms with van der Waals surface area (Å²) in [7, 11) is 0. The van der Waals surface area contributed by atoms with E-state index < -0.39 is 0 Å². The van der Waals surface area contributed by atoms with E-state index in [1.807, 2.05) is 19.1 Å². The lowest BCUT2D eigenvalue weighted by atomic mass is 10.0. The van der Waals surface area contributed by atoms with E-state index in [1.165, 1.54) is 5.56 Å². The Hall–Kier alpha value is -2.00. The highest BCUT2D eigenvalue weighted by atomic mass is 35.5. The normalized spacial score (nSPS) is 12.0. The highest BCUT2D eigenvalue weighted by Gasteiger charge is 2.16. The van der Waals surface area contributed by atoms with Crippen LogP contribution in [0.4, 0.5) is 5.69 Å². The summed E-state index contributed by atoms with van der Waals surface area (Å²) in [4.78, 5) is 12.3. The van der Waals surface area contributed by atoms with Gasteiger partial charge in [-0.2, -0.15) is 0 Å². The summed E-state index contributed by atoms with van der Waals surface area (Å²) in [5.41, 5.74) is 8.86. The van der Waals surface area contributed by atoms with Gasteiger partial charge < -0.3 is 11.1 Å². The van der Waals surface area contributed by atoms with Crippen LogP contribution in [0.25, 0.3) is 0 Å². The van der Waals surface area contributed by atoms with Gasteiger partial charge in [0.1, 0.15) is 0 Å². The summed E-state index contributed by atoms with van der Waals surface area (Å²) >= 11 is 6.05. The van der Waals surface area contributed by atoms with Crippen LogP contribution in [0.1, 0.15) is 41.4 Å². The molecule has 1 amide bonds. The average Bonchev–Trinajstić information content (AvgIpc) is 2.47. The summed E-state index contributed by atoms with van der Waals surface area (Å²) in [6, 6.07) is 13.1. The fourth-order valence-electron chi connectivity index (χ4n) is 2.17. The van der Waals surface area contributed by atoms with E-state index >= 15 is 0 Å². The maximum Gasteiger partial charge on any atom is 0.255 e. The molecule has 21 heavy (non-hydrogen) atoms. The molecule has 0 saturated heterocycles. The van der Waals surface area contributed by atoms with Gasteiger partial charge in [0.25, 0.3) is 5.91 Å². The molecule has 0 aliphatic carbocycles. The van der Waals surface area contributed by atoms with E-state index in [1.54, 1.807) is 18.2 Å². The van der Waals surface area contributed by atoms with Gasteiger partial charge in [-0.25, -0.2) is 0 Å². The molecular weight excluding hydrogens is 284 g/mol. The highest BCUT2D eigenvalue weighted by molar-refractivity contribution is 6.34. The number of anilines is 1. The first kappa shape index (κ1) is 15.4. The SMILES string of the molecule is CCc1ccc(C(C)NC(=O)c2c(N)cccc2Cl)cc1. The second-order valence-corrected chi connectivity index (χ2v) is 5.40. The van der Waals surface area contributed by atoms with Crippen molar-refractivity contribution in [1.29, 1.82) is 0 Å². The maximum absolute atomic E-state index is 12.3. The number of hydrogen-bond acceptors (Lipinski definition) is 2. The number of carbonyl (C=O) groups is 1. The third-order valence-corrected chi connectivity index (χ3v) is 3.82. The molecule has 3 N–H and O–H groups in total. The van der Waals surface area contributed by atoms with Crippen LogP contribution >= 0.6 is 11.6 Å². The molecule has 0 bridgehead atoms. The fraction of sp³-hybridized carbons (Fsp3) is 0.235. The third-order valence-electron chi connectivity index (χ3n) is 3.51. The van der Waals surface area contributed by atoms with Gasteiger partial charge in [0.15, 0.2) is 0 Å². The zero-order chi connectivity index (χ0) is 15.4. The third kappa shape index (κ3) is 3.56. The van der Waals surface area contributed by atoms with Crippen LogP contribution in [-0.2, 0) is 6.42 Å². The summed E-state index contributed by atoms with van der Waals surface area (Å²) in [5, 5.41) is 3.29. The molecular formula is C17H19ClN2O. The predicted octanol–water partition coefficient (Wildman–Crippen LogP) is 3.98. The first-order chi connectivity index (χ1) is 10.0. The number of amides is 1. The number of halogens is 1. The van der Waals surface area contributed by atoms with E-state index in [0.717, 1.165) is 12.0 Å². The number of carbonyl (C=O) groups excluding carboxylic acids is 1. The monoisotopic (exact) mass is 302 g/mol. The number of rotatable bonds is 4.